The summed E-state index contributed by atoms with van der Waals surface area (Å²) in [6, 6.07) is 14.9. The van der Waals surface area contributed by atoms with Gasteiger partial charge in [0.25, 0.3) is 0 Å². The lowest BCUT2D eigenvalue weighted by atomic mass is 9.95. The summed E-state index contributed by atoms with van der Waals surface area (Å²) in [5.74, 6) is 8.20. The average Bonchev–Trinajstić information content (AvgIpc) is 3.48. The molecule has 3 unspecified atom stereocenters. The van der Waals surface area contributed by atoms with Crippen LogP contribution in [0.3, 0.4) is 0 Å². The summed E-state index contributed by atoms with van der Waals surface area (Å²) in [6.45, 7) is 3.32. The van der Waals surface area contributed by atoms with Gasteiger partial charge in [0.15, 0.2) is 0 Å². The maximum absolute atomic E-state index is 12.5. The molecule has 0 bridgehead atoms. The number of nitrogens with one attached hydrogen (secondary N) is 1. The molecule has 0 amide bonds. The molecule has 2 aromatic rings. The summed E-state index contributed by atoms with van der Waals surface area (Å²) in [4.78, 5) is 0. The first kappa shape index (κ1) is 17.8. The van der Waals surface area contributed by atoms with Crippen LogP contribution in [-0.4, -0.2) is 30.4 Å². The molecule has 0 aromatic heterocycles. The van der Waals surface area contributed by atoms with Gasteiger partial charge in [-0.2, -0.15) is 0 Å². The van der Waals surface area contributed by atoms with Gasteiger partial charge in [-0.1, -0.05) is 36.1 Å². The predicted octanol–water partition coefficient (Wildman–Crippen LogP) is 3.75. The summed E-state index contributed by atoms with van der Waals surface area (Å²) in [7, 11) is 0. The number of hydrogen-bond acceptors (Lipinski definition) is 4. The fourth-order valence-corrected chi connectivity index (χ4v) is 4.20. The van der Waals surface area contributed by atoms with Crippen molar-refractivity contribution < 1.29 is 4.74 Å². The van der Waals surface area contributed by atoms with Crippen LogP contribution in [0.25, 0.3) is 0 Å². The second-order valence-corrected chi connectivity index (χ2v) is 8.27. The van der Waals surface area contributed by atoms with Crippen molar-refractivity contribution in [3.63, 3.8) is 0 Å². The van der Waals surface area contributed by atoms with E-state index < -0.39 is 6.17 Å². The Kier molecular flexibility index (Phi) is 4.60. The highest BCUT2D eigenvalue weighted by Crippen LogP contribution is 2.40. The highest BCUT2D eigenvalue weighted by atomic mass is 16.5. The predicted molar refractivity (Wildman–Crippen MR) is 110 cm³/mol. The van der Waals surface area contributed by atoms with Gasteiger partial charge < -0.3 is 15.0 Å². The third-order valence-electron chi connectivity index (χ3n) is 5.95. The minimum atomic E-state index is -0.453. The first-order chi connectivity index (χ1) is 13.7. The van der Waals surface area contributed by atoms with E-state index in [-0.39, 0.29) is 12.0 Å². The highest BCUT2D eigenvalue weighted by molar-refractivity contribution is 5.46. The lowest BCUT2D eigenvalue weighted by molar-refractivity contribution is 0.218. The highest BCUT2D eigenvalue weighted by Gasteiger charge is 2.25. The molecule has 1 N–H and O–H groups in total. The SMILES string of the molecule is CC1Cc2cc(C#CC3NCC(c4ccc(C5CC5)cc4)CN3[O-])ccc2O1. The van der Waals surface area contributed by atoms with Crippen molar-refractivity contribution in [2.75, 3.05) is 13.1 Å². The topological polar surface area (TPSA) is 47.6 Å². The van der Waals surface area contributed by atoms with Crippen LogP contribution in [0.15, 0.2) is 42.5 Å². The molecular formula is C24H25N2O2-. The molecule has 144 valence electrons. The average molecular weight is 373 g/mol. The molecule has 0 radical (unpaired) electrons. The lowest BCUT2D eigenvalue weighted by Gasteiger charge is -2.42. The van der Waals surface area contributed by atoms with Crippen LogP contribution in [0.2, 0.25) is 0 Å². The van der Waals surface area contributed by atoms with Gasteiger partial charge in [0.2, 0.25) is 0 Å². The first-order valence-corrected chi connectivity index (χ1v) is 10.2. The van der Waals surface area contributed by atoms with Crippen LogP contribution in [0.1, 0.15) is 53.9 Å². The quantitative estimate of drug-likeness (QED) is 0.815. The normalized spacial score (nSPS) is 26.9. The number of ether oxygens (including phenoxy) is 1. The van der Waals surface area contributed by atoms with Crippen LogP contribution in [-0.2, 0) is 6.42 Å². The molecule has 2 aliphatic heterocycles. The van der Waals surface area contributed by atoms with Crippen molar-refractivity contribution in [2.24, 2.45) is 0 Å². The van der Waals surface area contributed by atoms with Gasteiger partial charge in [0.1, 0.15) is 18.0 Å². The molecule has 0 spiro atoms. The van der Waals surface area contributed by atoms with Gasteiger partial charge in [-0.05, 0) is 67.1 Å². The summed E-state index contributed by atoms with van der Waals surface area (Å²) < 4.78 is 5.73. The van der Waals surface area contributed by atoms with Gasteiger partial charge in [0, 0.05) is 24.4 Å². The molecule has 4 nitrogen and oxygen atoms in total. The zero-order valence-electron chi connectivity index (χ0n) is 16.2. The standard InChI is InChI=1S/C24H25N2O2/c1-16-12-21-13-17(2-10-23(21)28-16)3-11-24-25-14-22(15-26(24)27)20-8-6-19(7-9-20)18-4-5-18/h2,6-10,13,16,18,22,24-25H,4-5,12,14-15H2,1H3/q-1. The van der Waals surface area contributed by atoms with Crippen molar-refractivity contribution >= 4 is 0 Å². The zero-order chi connectivity index (χ0) is 19.1. The van der Waals surface area contributed by atoms with Crippen LogP contribution >= 0.6 is 0 Å². The molecular weight excluding hydrogens is 348 g/mol. The van der Waals surface area contributed by atoms with Crippen LogP contribution in [0.5, 0.6) is 5.75 Å². The fourth-order valence-electron chi connectivity index (χ4n) is 4.20. The Bertz CT molecular complexity index is 924. The van der Waals surface area contributed by atoms with E-state index in [9.17, 15) is 5.21 Å². The van der Waals surface area contributed by atoms with Crippen molar-refractivity contribution in [3.05, 3.63) is 69.9 Å². The molecule has 2 aromatic carbocycles. The van der Waals surface area contributed by atoms with Crippen LogP contribution < -0.4 is 10.1 Å². The third-order valence-corrected chi connectivity index (χ3v) is 5.95. The van der Waals surface area contributed by atoms with Crippen molar-refractivity contribution in [1.82, 2.24) is 10.4 Å². The van der Waals surface area contributed by atoms with E-state index in [1.54, 1.807) is 0 Å². The van der Waals surface area contributed by atoms with Crippen molar-refractivity contribution in [2.45, 2.75) is 50.3 Å². The maximum atomic E-state index is 12.5. The van der Waals surface area contributed by atoms with E-state index in [0.29, 0.717) is 6.54 Å². The Morgan fingerprint density at radius 3 is 2.54 bits per heavy atom. The number of benzene rings is 2. The minimum Gasteiger partial charge on any atom is -0.783 e. The van der Waals surface area contributed by atoms with E-state index >= 15 is 0 Å². The van der Waals surface area contributed by atoms with Crippen molar-refractivity contribution in [3.8, 4) is 17.6 Å². The third kappa shape index (κ3) is 3.66. The molecule has 3 atom stereocenters. The summed E-state index contributed by atoms with van der Waals surface area (Å²) >= 11 is 0. The molecule has 2 heterocycles. The summed E-state index contributed by atoms with van der Waals surface area (Å²) in [5, 5.41) is 16.9. The number of nitrogens with zero attached hydrogens (tertiary/aromatic N) is 1. The Labute approximate surface area is 166 Å². The van der Waals surface area contributed by atoms with Gasteiger partial charge >= 0.3 is 0 Å². The number of fused-ring (bicyclic) bond motifs is 1. The first-order valence-electron chi connectivity index (χ1n) is 10.2. The van der Waals surface area contributed by atoms with E-state index in [1.807, 2.05) is 12.1 Å². The smallest absolute Gasteiger partial charge is 0.123 e. The second kappa shape index (κ2) is 7.25. The Morgan fingerprint density at radius 2 is 1.82 bits per heavy atom. The Morgan fingerprint density at radius 1 is 1.07 bits per heavy atom. The van der Waals surface area contributed by atoms with Crippen LogP contribution in [0, 0.1) is 17.0 Å². The Hall–Kier alpha value is -2.32. The number of rotatable bonds is 2. The number of hydroxylamine groups is 2. The van der Waals surface area contributed by atoms with Gasteiger partial charge in [0.05, 0.1) is 0 Å². The van der Waals surface area contributed by atoms with Crippen LogP contribution in [0.4, 0.5) is 0 Å². The van der Waals surface area contributed by atoms with Crippen molar-refractivity contribution in [1.29, 1.82) is 0 Å². The maximum Gasteiger partial charge on any atom is 0.123 e. The molecule has 2 fully saturated rings. The molecule has 5 rings (SSSR count). The number of hydrogen-bond donors (Lipinski definition) is 1. The Balaban J connectivity index is 1.23. The molecule has 1 saturated carbocycles. The molecule has 4 heteroatoms. The van der Waals surface area contributed by atoms with Gasteiger partial charge in [-0.25, -0.2) is 0 Å². The molecule has 1 aliphatic carbocycles. The molecule has 28 heavy (non-hydrogen) atoms. The van der Waals surface area contributed by atoms with E-state index in [1.165, 1.54) is 29.5 Å². The van der Waals surface area contributed by atoms with Gasteiger partial charge in [-0.3, -0.25) is 5.32 Å². The van der Waals surface area contributed by atoms with Gasteiger partial charge in [-0.15, -0.1) is 0 Å². The second-order valence-electron chi connectivity index (χ2n) is 8.27. The molecule has 1 saturated heterocycles. The minimum absolute atomic E-state index is 0.211. The monoisotopic (exact) mass is 373 g/mol. The van der Waals surface area contributed by atoms with E-state index in [2.05, 4.69) is 54.4 Å². The zero-order valence-corrected chi connectivity index (χ0v) is 16.2. The largest absolute Gasteiger partial charge is 0.783 e. The fraction of sp³-hybridized carbons (Fsp3) is 0.417. The molecule has 3 aliphatic rings. The summed E-state index contributed by atoms with van der Waals surface area (Å²) in [5.41, 5.74) is 4.80. The van der Waals surface area contributed by atoms with E-state index in [4.69, 9.17) is 4.74 Å². The summed E-state index contributed by atoms with van der Waals surface area (Å²) in [6.07, 6.45) is 3.32. The van der Waals surface area contributed by atoms with E-state index in [0.717, 1.165) is 35.3 Å². The lowest BCUT2D eigenvalue weighted by Crippen LogP contribution is -2.51.